The lowest BCUT2D eigenvalue weighted by atomic mass is 10.0. The average Bonchev–Trinajstić information content (AvgIpc) is 2.83. The number of hydrogen-bond donors (Lipinski definition) is 3. The second-order valence-corrected chi connectivity index (χ2v) is 3.78. The summed E-state index contributed by atoms with van der Waals surface area (Å²) in [6.45, 7) is 0. The van der Waals surface area contributed by atoms with Crippen LogP contribution < -0.4 is 5.73 Å². The standard InChI is InChI=1S/C12H13N3O2/c13-10(12(16)17)7-8-1-3-9(4-2-8)11-14-5-6-15-11/h1-6,10H,7,13H2,(H,14,15)(H,16,17)/t10-/m0/s1. The van der Waals surface area contributed by atoms with Crippen LogP contribution in [0.25, 0.3) is 11.4 Å². The summed E-state index contributed by atoms with van der Waals surface area (Å²) >= 11 is 0. The molecule has 1 atom stereocenters. The molecule has 0 saturated heterocycles. The zero-order valence-corrected chi connectivity index (χ0v) is 9.13. The van der Waals surface area contributed by atoms with Gasteiger partial charge in [0.15, 0.2) is 0 Å². The van der Waals surface area contributed by atoms with E-state index in [9.17, 15) is 4.79 Å². The predicted octanol–water partition coefficient (Wildman–Crippen LogP) is 1.03. The third-order valence-corrected chi connectivity index (χ3v) is 2.50. The van der Waals surface area contributed by atoms with Gasteiger partial charge in [-0.15, -0.1) is 0 Å². The first-order chi connectivity index (χ1) is 8.16. The Morgan fingerprint density at radius 1 is 1.41 bits per heavy atom. The molecule has 0 spiro atoms. The average molecular weight is 231 g/mol. The molecular formula is C12H13N3O2. The number of carbonyl (C=O) groups is 1. The maximum atomic E-state index is 10.6. The summed E-state index contributed by atoms with van der Waals surface area (Å²) in [4.78, 5) is 17.8. The Kier molecular flexibility index (Phi) is 3.20. The van der Waals surface area contributed by atoms with Gasteiger partial charge in [0.05, 0.1) is 0 Å². The number of carboxylic acids is 1. The van der Waals surface area contributed by atoms with Crippen LogP contribution >= 0.6 is 0 Å². The fourth-order valence-corrected chi connectivity index (χ4v) is 1.56. The van der Waals surface area contributed by atoms with E-state index in [0.717, 1.165) is 17.0 Å². The van der Waals surface area contributed by atoms with Gasteiger partial charge in [0.1, 0.15) is 11.9 Å². The van der Waals surface area contributed by atoms with Gasteiger partial charge >= 0.3 is 5.97 Å². The van der Waals surface area contributed by atoms with Crippen LogP contribution in [0.1, 0.15) is 5.56 Å². The first-order valence-corrected chi connectivity index (χ1v) is 5.24. The Hall–Kier alpha value is -2.14. The molecule has 0 bridgehead atoms. The molecule has 0 amide bonds. The molecule has 1 heterocycles. The SMILES string of the molecule is N[C@@H](Cc1ccc(-c2ncc[nH]2)cc1)C(=O)O. The highest BCUT2D eigenvalue weighted by Crippen LogP contribution is 2.15. The molecule has 2 aromatic rings. The number of nitrogens with one attached hydrogen (secondary N) is 1. The lowest BCUT2D eigenvalue weighted by Crippen LogP contribution is -2.32. The fourth-order valence-electron chi connectivity index (χ4n) is 1.56. The lowest BCUT2D eigenvalue weighted by Gasteiger charge is -2.06. The number of rotatable bonds is 4. The van der Waals surface area contributed by atoms with E-state index >= 15 is 0 Å². The van der Waals surface area contributed by atoms with Crippen LogP contribution in [0, 0.1) is 0 Å². The van der Waals surface area contributed by atoms with E-state index in [1.807, 2.05) is 24.3 Å². The van der Waals surface area contributed by atoms with E-state index in [1.54, 1.807) is 12.4 Å². The molecule has 2 rings (SSSR count). The number of aromatic nitrogens is 2. The molecule has 0 saturated carbocycles. The van der Waals surface area contributed by atoms with Gasteiger partial charge in [-0.25, -0.2) is 4.98 Å². The molecule has 0 radical (unpaired) electrons. The van der Waals surface area contributed by atoms with E-state index < -0.39 is 12.0 Å². The second kappa shape index (κ2) is 4.80. The van der Waals surface area contributed by atoms with E-state index in [2.05, 4.69) is 9.97 Å². The number of imidazole rings is 1. The maximum absolute atomic E-state index is 10.6. The monoisotopic (exact) mass is 231 g/mol. The summed E-state index contributed by atoms with van der Waals surface area (Å²) in [5, 5.41) is 8.71. The maximum Gasteiger partial charge on any atom is 0.320 e. The molecule has 0 unspecified atom stereocenters. The van der Waals surface area contributed by atoms with Crippen molar-refractivity contribution in [1.82, 2.24) is 9.97 Å². The molecule has 88 valence electrons. The second-order valence-electron chi connectivity index (χ2n) is 3.78. The van der Waals surface area contributed by atoms with Crippen molar-refractivity contribution < 1.29 is 9.90 Å². The number of carboxylic acid groups (broad SMARTS) is 1. The summed E-state index contributed by atoms with van der Waals surface area (Å²) in [6, 6.07) is 6.65. The van der Waals surface area contributed by atoms with Crippen LogP contribution in [-0.2, 0) is 11.2 Å². The summed E-state index contributed by atoms with van der Waals surface area (Å²) in [6.07, 6.45) is 3.76. The Balaban J connectivity index is 2.11. The molecule has 17 heavy (non-hydrogen) atoms. The highest BCUT2D eigenvalue weighted by Gasteiger charge is 2.11. The largest absolute Gasteiger partial charge is 0.480 e. The van der Waals surface area contributed by atoms with Gasteiger partial charge in [-0.1, -0.05) is 24.3 Å². The number of H-pyrrole nitrogens is 1. The van der Waals surface area contributed by atoms with Crippen molar-refractivity contribution in [3.8, 4) is 11.4 Å². The highest BCUT2D eigenvalue weighted by molar-refractivity contribution is 5.73. The van der Waals surface area contributed by atoms with E-state index in [-0.39, 0.29) is 0 Å². The minimum absolute atomic E-state index is 0.327. The molecule has 0 aliphatic carbocycles. The normalized spacial score (nSPS) is 12.3. The molecular weight excluding hydrogens is 218 g/mol. The number of aliphatic carboxylic acids is 1. The molecule has 5 heteroatoms. The number of nitrogens with zero attached hydrogens (tertiary/aromatic N) is 1. The molecule has 5 nitrogen and oxygen atoms in total. The van der Waals surface area contributed by atoms with E-state index in [0.29, 0.717) is 6.42 Å². The first-order valence-electron chi connectivity index (χ1n) is 5.24. The molecule has 4 N–H and O–H groups in total. The predicted molar refractivity (Wildman–Crippen MR) is 63.3 cm³/mol. The molecule has 0 aliphatic rings. The zero-order valence-electron chi connectivity index (χ0n) is 9.13. The van der Waals surface area contributed by atoms with Crippen molar-refractivity contribution in [2.75, 3.05) is 0 Å². The number of benzene rings is 1. The Labute approximate surface area is 98.3 Å². The topological polar surface area (TPSA) is 92.0 Å². The van der Waals surface area contributed by atoms with Gasteiger partial charge in [0, 0.05) is 18.0 Å². The Bertz CT molecular complexity index is 491. The summed E-state index contributed by atoms with van der Waals surface area (Å²) < 4.78 is 0. The summed E-state index contributed by atoms with van der Waals surface area (Å²) in [5.41, 5.74) is 7.32. The van der Waals surface area contributed by atoms with Crippen LogP contribution in [0.3, 0.4) is 0 Å². The van der Waals surface area contributed by atoms with Gasteiger partial charge in [0.2, 0.25) is 0 Å². The summed E-state index contributed by atoms with van der Waals surface area (Å²) in [7, 11) is 0. The minimum Gasteiger partial charge on any atom is -0.480 e. The smallest absolute Gasteiger partial charge is 0.320 e. The minimum atomic E-state index is -0.986. The number of aromatic amines is 1. The van der Waals surface area contributed by atoms with Gasteiger partial charge in [0.25, 0.3) is 0 Å². The lowest BCUT2D eigenvalue weighted by molar-refractivity contribution is -0.138. The van der Waals surface area contributed by atoms with Crippen LogP contribution in [0.2, 0.25) is 0 Å². The van der Waals surface area contributed by atoms with Crippen molar-refractivity contribution in [3.63, 3.8) is 0 Å². The zero-order chi connectivity index (χ0) is 12.3. The van der Waals surface area contributed by atoms with Crippen molar-refractivity contribution in [3.05, 3.63) is 42.2 Å². The Morgan fingerprint density at radius 2 is 2.12 bits per heavy atom. The van der Waals surface area contributed by atoms with Crippen LogP contribution in [-0.4, -0.2) is 27.1 Å². The van der Waals surface area contributed by atoms with Crippen molar-refractivity contribution in [1.29, 1.82) is 0 Å². The summed E-state index contributed by atoms with van der Waals surface area (Å²) in [5.74, 6) is -0.195. The van der Waals surface area contributed by atoms with Crippen molar-refractivity contribution >= 4 is 5.97 Å². The fraction of sp³-hybridized carbons (Fsp3) is 0.167. The third-order valence-electron chi connectivity index (χ3n) is 2.50. The van der Waals surface area contributed by atoms with Crippen molar-refractivity contribution in [2.45, 2.75) is 12.5 Å². The first kappa shape index (κ1) is 11.3. The molecule has 0 fully saturated rings. The van der Waals surface area contributed by atoms with Gasteiger partial charge in [-0.05, 0) is 12.0 Å². The number of hydrogen-bond acceptors (Lipinski definition) is 3. The van der Waals surface area contributed by atoms with Gasteiger partial charge in [-0.3, -0.25) is 4.79 Å². The number of nitrogens with two attached hydrogens (primary N) is 1. The highest BCUT2D eigenvalue weighted by atomic mass is 16.4. The third kappa shape index (κ3) is 2.70. The molecule has 1 aromatic carbocycles. The van der Waals surface area contributed by atoms with Crippen LogP contribution in [0.4, 0.5) is 0 Å². The van der Waals surface area contributed by atoms with Crippen LogP contribution in [0.5, 0.6) is 0 Å². The van der Waals surface area contributed by atoms with Gasteiger partial charge < -0.3 is 15.8 Å². The van der Waals surface area contributed by atoms with Crippen molar-refractivity contribution in [2.24, 2.45) is 5.73 Å². The van der Waals surface area contributed by atoms with Crippen LogP contribution in [0.15, 0.2) is 36.7 Å². The quantitative estimate of drug-likeness (QED) is 0.732. The van der Waals surface area contributed by atoms with E-state index in [1.165, 1.54) is 0 Å². The molecule has 0 aliphatic heterocycles. The van der Waals surface area contributed by atoms with Gasteiger partial charge in [-0.2, -0.15) is 0 Å². The van der Waals surface area contributed by atoms with E-state index in [4.69, 9.17) is 10.8 Å². The molecule has 1 aromatic heterocycles. The Morgan fingerprint density at radius 3 is 2.65 bits per heavy atom.